The van der Waals surface area contributed by atoms with E-state index >= 15 is 0 Å². The Balaban J connectivity index is 2.13. The molecule has 118 valence electrons. The average Bonchev–Trinajstić information content (AvgIpc) is 2.81. The molecule has 0 atom stereocenters. The van der Waals surface area contributed by atoms with Crippen LogP contribution in [-0.4, -0.2) is 15.8 Å². The van der Waals surface area contributed by atoms with Gasteiger partial charge in [0.25, 0.3) is 0 Å². The first-order chi connectivity index (χ1) is 11.0. The first-order valence-electron chi connectivity index (χ1n) is 6.58. The molecule has 1 aromatic heterocycles. The van der Waals surface area contributed by atoms with Crippen LogP contribution >= 0.6 is 34.8 Å². The summed E-state index contributed by atoms with van der Waals surface area (Å²) in [5.74, 6) is 0.187. The van der Waals surface area contributed by atoms with Gasteiger partial charge in [-0.05, 0) is 23.8 Å². The lowest BCUT2D eigenvalue weighted by molar-refractivity contribution is 0.141. The molecule has 0 saturated heterocycles. The zero-order chi connectivity index (χ0) is 16.6. The predicted octanol–water partition coefficient (Wildman–Crippen LogP) is 5.71. The highest BCUT2D eigenvalue weighted by Crippen LogP contribution is 2.32. The van der Waals surface area contributed by atoms with E-state index in [2.05, 4.69) is 0 Å². The lowest BCUT2D eigenvalue weighted by atomic mass is 10.2. The van der Waals surface area contributed by atoms with Crippen LogP contribution in [0.25, 0.3) is 10.9 Å². The maximum Gasteiger partial charge on any atom is 0.512 e. The number of fused-ring (bicyclic) bond motifs is 1. The van der Waals surface area contributed by atoms with Crippen molar-refractivity contribution >= 4 is 51.9 Å². The fourth-order valence-corrected chi connectivity index (χ4v) is 3.01. The lowest BCUT2D eigenvalue weighted by Gasteiger charge is -2.11. The molecular weight excluding hydrogens is 361 g/mol. The lowest BCUT2D eigenvalue weighted by Crippen LogP contribution is -2.09. The summed E-state index contributed by atoms with van der Waals surface area (Å²) >= 11 is 18.2. The zero-order valence-electron chi connectivity index (χ0n) is 11.6. The van der Waals surface area contributed by atoms with Gasteiger partial charge < -0.3 is 14.4 Å². The second-order valence-corrected chi connectivity index (χ2v) is 6.08. The molecule has 0 unspecified atom stereocenters. The van der Waals surface area contributed by atoms with Gasteiger partial charge in [-0.15, -0.1) is 0 Å². The van der Waals surface area contributed by atoms with Gasteiger partial charge in [-0.2, -0.15) is 0 Å². The predicted molar refractivity (Wildman–Crippen MR) is 91.2 cm³/mol. The largest absolute Gasteiger partial charge is 0.512 e. The number of benzene rings is 2. The van der Waals surface area contributed by atoms with Crippen molar-refractivity contribution in [3.63, 3.8) is 0 Å². The molecule has 0 aliphatic carbocycles. The van der Waals surface area contributed by atoms with E-state index in [1.165, 1.54) is 0 Å². The van der Waals surface area contributed by atoms with E-state index in [1.807, 2.05) is 6.07 Å². The van der Waals surface area contributed by atoms with Gasteiger partial charge in [-0.3, -0.25) is 0 Å². The Morgan fingerprint density at radius 1 is 1.04 bits per heavy atom. The summed E-state index contributed by atoms with van der Waals surface area (Å²) in [5, 5.41) is 11.1. The van der Waals surface area contributed by atoms with Crippen LogP contribution in [0.3, 0.4) is 0 Å². The van der Waals surface area contributed by atoms with Crippen LogP contribution in [0.15, 0.2) is 42.5 Å². The Bertz CT molecular complexity index is 905. The van der Waals surface area contributed by atoms with E-state index < -0.39 is 6.16 Å². The van der Waals surface area contributed by atoms with Crippen LogP contribution in [0, 0.1) is 0 Å². The number of rotatable bonds is 3. The molecule has 0 aliphatic rings. The van der Waals surface area contributed by atoms with Crippen molar-refractivity contribution in [2.24, 2.45) is 0 Å². The van der Waals surface area contributed by atoms with Gasteiger partial charge in [0.1, 0.15) is 0 Å². The van der Waals surface area contributed by atoms with Gasteiger partial charge in [0.05, 0.1) is 27.1 Å². The van der Waals surface area contributed by atoms with Crippen molar-refractivity contribution in [3.8, 4) is 5.88 Å². The van der Waals surface area contributed by atoms with Crippen LogP contribution in [0.5, 0.6) is 5.88 Å². The number of carbonyl (C=O) groups is 1. The van der Waals surface area contributed by atoms with Gasteiger partial charge in [-0.1, -0.05) is 53.0 Å². The van der Waals surface area contributed by atoms with Crippen LogP contribution in [-0.2, 0) is 6.54 Å². The third-order valence-corrected chi connectivity index (χ3v) is 4.39. The quantitative estimate of drug-likeness (QED) is 0.601. The van der Waals surface area contributed by atoms with Gasteiger partial charge in [0.2, 0.25) is 5.88 Å². The van der Waals surface area contributed by atoms with E-state index in [1.54, 1.807) is 41.0 Å². The summed E-state index contributed by atoms with van der Waals surface area (Å²) < 4.78 is 6.56. The number of carboxylic acid groups (broad SMARTS) is 1. The highest BCUT2D eigenvalue weighted by Gasteiger charge is 2.15. The standard InChI is InChI=1S/C16H10Cl3NO3/c17-11-5-4-9(6-13(11)19)8-20-14(23-16(21)22)7-10-2-1-3-12(18)15(10)20/h1-7H,8H2,(H,21,22). The molecule has 0 radical (unpaired) electrons. The Hall–Kier alpha value is -1.88. The molecular formula is C16H10Cl3NO3. The van der Waals surface area contributed by atoms with Crippen LogP contribution in [0.2, 0.25) is 15.1 Å². The normalized spacial score (nSPS) is 10.9. The topological polar surface area (TPSA) is 51.5 Å². The molecule has 3 rings (SSSR count). The van der Waals surface area contributed by atoms with Crippen molar-refractivity contribution in [2.75, 3.05) is 0 Å². The number of aromatic nitrogens is 1. The minimum Gasteiger partial charge on any atom is -0.449 e. The molecule has 1 heterocycles. The summed E-state index contributed by atoms with van der Waals surface area (Å²) in [5.41, 5.74) is 1.53. The minimum absolute atomic E-state index is 0.187. The average molecular weight is 371 g/mol. The van der Waals surface area contributed by atoms with Gasteiger partial charge in [-0.25, -0.2) is 4.79 Å². The Morgan fingerprint density at radius 2 is 1.83 bits per heavy atom. The van der Waals surface area contributed by atoms with Crippen molar-refractivity contribution in [2.45, 2.75) is 6.54 Å². The fourth-order valence-electron chi connectivity index (χ4n) is 2.41. The molecule has 3 aromatic rings. The summed E-state index contributed by atoms with van der Waals surface area (Å²) in [6, 6.07) is 12.2. The summed E-state index contributed by atoms with van der Waals surface area (Å²) in [4.78, 5) is 10.9. The molecule has 0 aliphatic heterocycles. The fraction of sp³-hybridized carbons (Fsp3) is 0.0625. The highest BCUT2D eigenvalue weighted by molar-refractivity contribution is 6.42. The third kappa shape index (κ3) is 3.24. The smallest absolute Gasteiger partial charge is 0.449 e. The number of hydrogen-bond donors (Lipinski definition) is 1. The molecule has 7 heteroatoms. The molecule has 4 nitrogen and oxygen atoms in total. The van der Waals surface area contributed by atoms with Crippen molar-refractivity contribution in [1.29, 1.82) is 0 Å². The second kappa shape index (κ2) is 6.32. The number of hydrogen-bond acceptors (Lipinski definition) is 2. The summed E-state index contributed by atoms with van der Waals surface area (Å²) in [6.45, 7) is 0.340. The second-order valence-electron chi connectivity index (χ2n) is 4.86. The van der Waals surface area contributed by atoms with Gasteiger partial charge in [0.15, 0.2) is 0 Å². The molecule has 0 bridgehead atoms. The van der Waals surface area contributed by atoms with Gasteiger partial charge in [0, 0.05) is 11.5 Å². The number of para-hydroxylation sites is 1. The molecule has 0 fully saturated rings. The molecule has 0 amide bonds. The van der Waals surface area contributed by atoms with Gasteiger partial charge >= 0.3 is 6.16 Å². The Morgan fingerprint density at radius 3 is 2.52 bits per heavy atom. The first kappa shape index (κ1) is 16.0. The number of halogens is 3. The van der Waals surface area contributed by atoms with E-state index in [9.17, 15) is 4.79 Å². The third-order valence-electron chi connectivity index (χ3n) is 3.35. The van der Waals surface area contributed by atoms with Crippen LogP contribution in [0.1, 0.15) is 5.56 Å². The zero-order valence-corrected chi connectivity index (χ0v) is 13.9. The van der Waals surface area contributed by atoms with Crippen LogP contribution in [0.4, 0.5) is 4.79 Å². The van der Waals surface area contributed by atoms with Crippen molar-refractivity contribution in [1.82, 2.24) is 4.57 Å². The minimum atomic E-state index is -1.39. The Kier molecular flexibility index (Phi) is 4.39. The molecule has 0 spiro atoms. The Labute approximate surface area is 146 Å². The van der Waals surface area contributed by atoms with E-state index in [0.717, 1.165) is 10.9 Å². The number of ether oxygens (including phenoxy) is 1. The van der Waals surface area contributed by atoms with Crippen LogP contribution < -0.4 is 4.74 Å². The highest BCUT2D eigenvalue weighted by atomic mass is 35.5. The molecule has 2 aromatic carbocycles. The van der Waals surface area contributed by atoms with Crippen molar-refractivity contribution < 1.29 is 14.6 Å². The SMILES string of the molecule is O=C(O)Oc1cc2cccc(Cl)c2n1Cc1ccc(Cl)c(Cl)c1. The number of nitrogens with zero attached hydrogens (tertiary/aromatic N) is 1. The summed E-state index contributed by atoms with van der Waals surface area (Å²) in [6.07, 6.45) is -1.39. The first-order valence-corrected chi connectivity index (χ1v) is 7.71. The monoisotopic (exact) mass is 369 g/mol. The van der Waals surface area contributed by atoms with Crippen molar-refractivity contribution in [3.05, 3.63) is 63.1 Å². The molecule has 0 saturated carbocycles. The molecule has 1 N–H and O–H groups in total. The van der Waals surface area contributed by atoms with E-state index in [4.69, 9.17) is 44.6 Å². The summed E-state index contributed by atoms with van der Waals surface area (Å²) in [7, 11) is 0. The molecule has 23 heavy (non-hydrogen) atoms. The maximum absolute atomic E-state index is 10.9. The van der Waals surface area contributed by atoms with E-state index in [-0.39, 0.29) is 5.88 Å². The maximum atomic E-state index is 10.9. The van der Waals surface area contributed by atoms with E-state index in [0.29, 0.717) is 27.1 Å².